The first-order valence-corrected chi connectivity index (χ1v) is 10.6. The predicted octanol–water partition coefficient (Wildman–Crippen LogP) is 3.79. The van der Waals surface area contributed by atoms with Crippen LogP contribution in [0.5, 0.6) is 0 Å². The van der Waals surface area contributed by atoms with Crippen LogP contribution in [0.25, 0.3) is 0 Å². The van der Waals surface area contributed by atoms with Gasteiger partial charge in [-0.1, -0.05) is 48.5 Å². The van der Waals surface area contributed by atoms with Gasteiger partial charge < -0.3 is 19.9 Å². The molecular weight excluding hydrogens is 409 g/mol. The number of hydrogen-bond acceptors (Lipinski definition) is 4. The minimum atomic E-state index is -0.923. The topological polar surface area (TPSA) is 44.8 Å². The van der Waals surface area contributed by atoms with Gasteiger partial charge in [0.1, 0.15) is 0 Å². The van der Waals surface area contributed by atoms with Crippen molar-refractivity contribution in [1.29, 1.82) is 0 Å². The van der Waals surface area contributed by atoms with E-state index < -0.39 is 5.60 Å². The molecule has 0 spiro atoms. The summed E-state index contributed by atoms with van der Waals surface area (Å²) in [4.78, 5) is 17.9. The molecule has 1 amide bonds. The van der Waals surface area contributed by atoms with Gasteiger partial charge in [-0.05, 0) is 36.6 Å². The number of para-hydroxylation sites is 2. The lowest BCUT2D eigenvalue weighted by Crippen LogP contribution is -2.70. The molecule has 0 unspecified atom stereocenters. The first-order chi connectivity index (χ1) is 13.9. The van der Waals surface area contributed by atoms with E-state index in [1.54, 1.807) is 6.08 Å². The number of benzene rings is 1. The summed E-state index contributed by atoms with van der Waals surface area (Å²) in [5.74, 6) is -0.0246. The molecule has 29 heavy (non-hydrogen) atoms. The third kappa shape index (κ3) is 4.10. The van der Waals surface area contributed by atoms with Gasteiger partial charge in [-0.25, -0.2) is 0 Å². The number of hydrogen-bond donors (Lipinski definition) is 1. The van der Waals surface area contributed by atoms with Crippen molar-refractivity contribution < 1.29 is 9.53 Å². The lowest BCUT2D eigenvalue weighted by Gasteiger charge is -2.46. The van der Waals surface area contributed by atoms with Crippen molar-refractivity contribution in [3.63, 3.8) is 0 Å². The molecule has 0 radical (unpaired) electrons. The molecule has 1 N–H and O–H groups in total. The second-order valence-corrected chi connectivity index (χ2v) is 8.72. The van der Waals surface area contributed by atoms with Crippen molar-refractivity contribution in [1.82, 2.24) is 5.32 Å². The molecule has 0 bridgehead atoms. The van der Waals surface area contributed by atoms with Crippen LogP contribution in [0, 0.1) is 0 Å². The maximum Gasteiger partial charge on any atom is 0.262 e. The number of rotatable bonds is 7. The largest absolute Gasteiger partial charge is 0.365 e. The average molecular weight is 434 g/mol. The van der Waals surface area contributed by atoms with Crippen molar-refractivity contribution in [2.45, 2.75) is 24.5 Å². The predicted molar refractivity (Wildman–Crippen MR) is 119 cm³/mol. The van der Waals surface area contributed by atoms with Crippen molar-refractivity contribution >= 4 is 40.5 Å². The number of ether oxygens (including phenoxy) is 1. The number of allylic oxidation sites excluding steroid dienone is 2. The summed E-state index contributed by atoms with van der Waals surface area (Å²) in [5.41, 5.74) is 1.78. The Morgan fingerprint density at radius 3 is 2.45 bits per heavy atom. The van der Waals surface area contributed by atoms with Gasteiger partial charge in [-0.15, -0.1) is 0 Å². The van der Waals surface area contributed by atoms with Gasteiger partial charge in [0.05, 0.1) is 18.0 Å². The van der Waals surface area contributed by atoms with Gasteiger partial charge in [0, 0.05) is 42.3 Å². The summed E-state index contributed by atoms with van der Waals surface area (Å²) in [7, 11) is 0. The van der Waals surface area contributed by atoms with Crippen molar-refractivity contribution in [2.75, 3.05) is 42.6 Å². The molecule has 7 heteroatoms. The van der Waals surface area contributed by atoms with E-state index in [0.29, 0.717) is 41.3 Å². The molecule has 1 aromatic carbocycles. The molecule has 2 fully saturated rings. The minimum absolute atomic E-state index is 0.0246. The summed E-state index contributed by atoms with van der Waals surface area (Å²) in [5, 5.41) is 3.84. The van der Waals surface area contributed by atoms with Crippen LogP contribution in [0.15, 0.2) is 59.1 Å². The Kier molecular flexibility index (Phi) is 5.76. The number of fused-ring (bicyclic) bond motifs is 1. The van der Waals surface area contributed by atoms with Crippen LogP contribution in [0.1, 0.15) is 12.8 Å². The fourth-order valence-corrected chi connectivity index (χ4v) is 4.12. The van der Waals surface area contributed by atoms with Gasteiger partial charge in [0.2, 0.25) is 0 Å². The third-order valence-electron chi connectivity index (χ3n) is 5.67. The van der Waals surface area contributed by atoms with E-state index in [4.69, 9.17) is 27.9 Å². The fraction of sp³-hybridized carbons (Fsp3) is 0.409. The second-order valence-electron chi connectivity index (χ2n) is 7.78. The number of amides is 1. The summed E-state index contributed by atoms with van der Waals surface area (Å²) < 4.78 is 6.13. The zero-order chi connectivity index (χ0) is 20.6. The normalized spacial score (nSPS) is 20.7. The van der Waals surface area contributed by atoms with Crippen LogP contribution in [0.3, 0.4) is 0 Å². The maximum atomic E-state index is 13.6. The summed E-state index contributed by atoms with van der Waals surface area (Å²) in [6, 6.07) is 8.73. The smallest absolute Gasteiger partial charge is 0.262 e. The molecule has 5 nitrogen and oxygen atoms in total. The highest BCUT2D eigenvalue weighted by atomic mass is 35.5. The van der Waals surface area contributed by atoms with Gasteiger partial charge in [-0.2, -0.15) is 0 Å². The highest BCUT2D eigenvalue weighted by molar-refractivity contribution is 6.33. The van der Waals surface area contributed by atoms with E-state index in [-0.39, 0.29) is 12.5 Å². The Morgan fingerprint density at radius 2 is 1.90 bits per heavy atom. The van der Waals surface area contributed by atoms with Gasteiger partial charge in [-0.3, -0.25) is 4.79 Å². The quantitative estimate of drug-likeness (QED) is 0.664. The molecule has 2 heterocycles. The van der Waals surface area contributed by atoms with Gasteiger partial charge >= 0.3 is 0 Å². The summed E-state index contributed by atoms with van der Waals surface area (Å²) in [6.07, 6.45) is 4.07. The Morgan fingerprint density at radius 1 is 1.21 bits per heavy atom. The number of nitrogens with one attached hydrogen (secondary N) is 1. The van der Waals surface area contributed by atoms with E-state index in [1.165, 1.54) is 12.8 Å². The maximum absolute atomic E-state index is 13.6. The Labute approximate surface area is 181 Å². The number of carbonyl (C=O) groups excluding carboxylic acids is 1. The zero-order valence-corrected chi connectivity index (χ0v) is 17.8. The van der Waals surface area contributed by atoms with Crippen LogP contribution < -0.4 is 15.1 Å². The van der Waals surface area contributed by atoms with Crippen LogP contribution in [-0.4, -0.2) is 50.3 Å². The van der Waals surface area contributed by atoms with Crippen LogP contribution in [0.2, 0.25) is 0 Å². The highest BCUT2D eigenvalue weighted by Crippen LogP contribution is 2.41. The molecule has 3 aliphatic rings. The SMILES string of the molecule is C=C(Cl)C=C(COC1(C(=O)N2CCN(C3CC3)c3ccccc32)CNC1)C(=C)Cl. The van der Waals surface area contributed by atoms with E-state index in [2.05, 4.69) is 29.4 Å². The Balaban J connectivity index is 1.55. The van der Waals surface area contributed by atoms with Gasteiger partial charge in [0.25, 0.3) is 5.91 Å². The average Bonchev–Trinajstić information content (AvgIpc) is 3.49. The van der Waals surface area contributed by atoms with E-state index in [0.717, 1.165) is 17.9 Å². The third-order valence-corrected chi connectivity index (χ3v) is 6.03. The molecule has 1 aliphatic carbocycles. The molecule has 2 aliphatic heterocycles. The second kappa shape index (κ2) is 8.15. The Bertz CT molecular complexity index is 875. The molecule has 154 valence electrons. The molecule has 4 rings (SSSR count). The molecule has 0 atom stereocenters. The van der Waals surface area contributed by atoms with Crippen molar-refractivity contribution in [3.05, 3.63) is 59.1 Å². The molecule has 1 aromatic rings. The monoisotopic (exact) mass is 433 g/mol. The van der Waals surface area contributed by atoms with Gasteiger partial charge in [0.15, 0.2) is 5.60 Å². The zero-order valence-electron chi connectivity index (χ0n) is 16.3. The van der Waals surface area contributed by atoms with Crippen LogP contribution in [0.4, 0.5) is 11.4 Å². The van der Waals surface area contributed by atoms with E-state index in [9.17, 15) is 4.79 Å². The number of carbonyl (C=O) groups is 1. The summed E-state index contributed by atoms with van der Waals surface area (Å²) in [6.45, 7) is 9.96. The highest BCUT2D eigenvalue weighted by Gasteiger charge is 2.49. The first-order valence-electron chi connectivity index (χ1n) is 9.83. The first kappa shape index (κ1) is 20.5. The Hall–Kier alpha value is -1.79. The fourth-order valence-electron chi connectivity index (χ4n) is 3.88. The van der Waals surface area contributed by atoms with E-state index >= 15 is 0 Å². The van der Waals surface area contributed by atoms with Crippen molar-refractivity contribution in [2.24, 2.45) is 0 Å². The van der Waals surface area contributed by atoms with Crippen LogP contribution >= 0.6 is 23.2 Å². The minimum Gasteiger partial charge on any atom is -0.365 e. The number of halogens is 2. The van der Waals surface area contributed by atoms with Crippen molar-refractivity contribution in [3.8, 4) is 0 Å². The van der Waals surface area contributed by atoms with E-state index in [1.807, 2.05) is 23.1 Å². The number of nitrogens with zero attached hydrogens (tertiary/aromatic N) is 2. The lowest BCUT2D eigenvalue weighted by molar-refractivity contribution is -0.149. The molecule has 1 saturated carbocycles. The lowest BCUT2D eigenvalue weighted by atomic mass is 9.93. The molecule has 0 aromatic heterocycles. The summed E-state index contributed by atoms with van der Waals surface area (Å²) >= 11 is 11.9. The molecule has 1 saturated heterocycles. The van der Waals surface area contributed by atoms with Crippen LogP contribution in [-0.2, 0) is 9.53 Å². The number of anilines is 2. The standard InChI is InChI=1S/C22H25Cl2N3O2/c1-15(23)11-17(16(2)24)12-29-22(13-25-14-22)21(28)27-10-9-26(18-7-8-18)19-5-3-4-6-20(19)27/h3-6,11,18,25H,1-2,7-10,12-14H2. The molecular formula is C22H25Cl2N3O2.